The molecule has 12 nitrogen and oxygen atoms in total. The van der Waals surface area contributed by atoms with E-state index >= 15 is 0 Å². The summed E-state index contributed by atoms with van der Waals surface area (Å²) in [5, 5.41) is 26.1. The molecule has 0 aliphatic carbocycles. The quantitative estimate of drug-likeness (QED) is 0.152. The molecule has 1 aromatic rings. The predicted molar refractivity (Wildman–Crippen MR) is 114 cm³/mol. The number of nitrogens with two attached hydrogens (primary N) is 1. The van der Waals surface area contributed by atoms with Gasteiger partial charge in [0, 0.05) is 24.1 Å². The van der Waals surface area contributed by atoms with Crippen LogP contribution in [0.25, 0.3) is 0 Å². The Bertz CT molecular complexity index is 746. The summed E-state index contributed by atoms with van der Waals surface area (Å²) in [6, 6.07) is -4.69. The van der Waals surface area contributed by atoms with Crippen LogP contribution in [0.4, 0.5) is 0 Å². The van der Waals surface area contributed by atoms with Crippen LogP contribution in [0.1, 0.15) is 26.0 Å². The van der Waals surface area contributed by atoms with E-state index in [-0.39, 0.29) is 18.1 Å². The van der Waals surface area contributed by atoms with Gasteiger partial charge in [-0.15, -0.1) is 0 Å². The van der Waals surface area contributed by atoms with E-state index in [0.29, 0.717) is 12.1 Å². The van der Waals surface area contributed by atoms with E-state index in [4.69, 9.17) is 5.73 Å². The number of aliphatic hydroxyl groups excluding tert-OH is 1. The fourth-order valence-electron chi connectivity index (χ4n) is 2.59. The lowest BCUT2D eigenvalue weighted by Gasteiger charge is -2.25. The van der Waals surface area contributed by atoms with Gasteiger partial charge in [0.15, 0.2) is 0 Å². The van der Waals surface area contributed by atoms with Gasteiger partial charge < -0.3 is 36.9 Å². The lowest BCUT2D eigenvalue weighted by atomic mass is 9.99. The SMILES string of the molecule is CCC(C)C(NC(=O)C(CO)NC(=O)C(Cc1cnc[nH]1)NC(=O)C(N)CS)C(=O)O. The molecule has 0 radical (unpaired) electrons. The van der Waals surface area contributed by atoms with Crippen molar-refractivity contribution in [1.82, 2.24) is 25.9 Å². The first kappa shape index (κ1) is 26.4. The van der Waals surface area contributed by atoms with E-state index in [1.54, 1.807) is 13.8 Å². The summed E-state index contributed by atoms with van der Waals surface area (Å²) in [5.74, 6) is -3.79. The number of H-pyrrole nitrogens is 1. The lowest BCUT2D eigenvalue weighted by Crippen LogP contribution is -2.59. The summed E-state index contributed by atoms with van der Waals surface area (Å²) < 4.78 is 0. The summed E-state index contributed by atoms with van der Waals surface area (Å²) in [7, 11) is 0. The Morgan fingerprint density at radius 1 is 1.16 bits per heavy atom. The van der Waals surface area contributed by atoms with Gasteiger partial charge in [-0.25, -0.2) is 9.78 Å². The summed E-state index contributed by atoms with van der Waals surface area (Å²) in [4.78, 5) is 55.5. The van der Waals surface area contributed by atoms with Gasteiger partial charge in [0.1, 0.15) is 18.1 Å². The fraction of sp³-hybridized carbons (Fsp3) is 0.611. The Morgan fingerprint density at radius 3 is 2.26 bits per heavy atom. The van der Waals surface area contributed by atoms with Crippen LogP contribution in [-0.4, -0.2) is 80.4 Å². The van der Waals surface area contributed by atoms with E-state index in [1.165, 1.54) is 12.5 Å². The highest BCUT2D eigenvalue weighted by atomic mass is 32.1. The molecule has 31 heavy (non-hydrogen) atoms. The number of aromatic amines is 1. The highest BCUT2D eigenvalue weighted by Crippen LogP contribution is 2.08. The third kappa shape index (κ3) is 8.19. The molecular weight excluding hydrogens is 428 g/mol. The normalized spacial score (nSPS) is 15.8. The maximum atomic E-state index is 12.8. The summed E-state index contributed by atoms with van der Waals surface area (Å²) in [5.41, 5.74) is 6.17. The van der Waals surface area contributed by atoms with Gasteiger partial charge in [0.05, 0.1) is 19.0 Å². The first-order chi connectivity index (χ1) is 14.6. The largest absolute Gasteiger partial charge is 0.480 e. The van der Waals surface area contributed by atoms with Crippen molar-refractivity contribution in [2.75, 3.05) is 12.4 Å². The number of carboxylic acids is 1. The number of amides is 3. The molecule has 0 saturated heterocycles. The van der Waals surface area contributed by atoms with Crippen molar-refractivity contribution >= 4 is 36.3 Å². The van der Waals surface area contributed by atoms with Crippen LogP contribution in [0.5, 0.6) is 0 Å². The fourth-order valence-corrected chi connectivity index (χ4v) is 2.76. The molecule has 1 aromatic heterocycles. The molecule has 0 saturated carbocycles. The number of nitrogens with one attached hydrogen (secondary N) is 4. The third-order valence-electron chi connectivity index (χ3n) is 4.74. The van der Waals surface area contributed by atoms with Gasteiger partial charge in [-0.05, 0) is 5.92 Å². The Balaban J connectivity index is 2.92. The number of hydrogen-bond donors (Lipinski definition) is 8. The second-order valence-corrected chi connectivity index (χ2v) is 7.45. The van der Waals surface area contributed by atoms with Gasteiger partial charge in [0.2, 0.25) is 17.7 Å². The number of rotatable bonds is 13. The van der Waals surface area contributed by atoms with Crippen molar-refractivity contribution in [1.29, 1.82) is 0 Å². The maximum Gasteiger partial charge on any atom is 0.326 e. The molecule has 5 unspecified atom stereocenters. The van der Waals surface area contributed by atoms with E-state index in [0.717, 1.165) is 0 Å². The zero-order chi connectivity index (χ0) is 23.6. The number of carbonyl (C=O) groups excluding carboxylic acids is 3. The van der Waals surface area contributed by atoms with Crippen molar-refractivity contribution < 1.29 is 29.4 Å². The van der Waals surface area contributed by atoms with Crippen LogP contribution >= 0.6 is 12.6 Å². The molecule has 8 N–H and O–H groups in total. The Hall–Kier alpha value is -2.64. The van der Waals surface area contributed by atoms with Gasteiger partial charge in [-0.3, -0.25) is 14.4 Å². The first-order valence-corrected chi connectivity index (χ1v) is 10.4. The number of nitrogens with zero attached hydrogens (tertiary/aromatic N) is 1. The molecule has 1 rings (SSSR count). The number of carboxylic acid groups (broad SMARTS) is 1. The topological polar surface area (TPSA) is 200 Å². The minimum atomic E-state index is -1.42. The van der Waals surface area contributed by atoms with Crippen LogP contribution in [0, 0.1) is 5.92 Å². The minimum Gasteiger partial charge on any atom is -0.480 e. The van der Waals surface area contributed by atoms with Crippen LogP contribution in [0.3, 0.4) is 0 Å². The standard InChI is InChI=1S/C18H30N6O6S/c1-3-9(2)14(18(29)30)24-17(28)13(6-25)23-16(27)12(4-10-5-20-8-21-10)22-15(26)11(19)7-31/h5,8-9,11-14,25,31H,3-4,6-7,19H2,1-2H3,(H,20,21)(H,22,26)(H,23,27)(H,24,28)(H,29,30). The number of imidazole rings is 1. The minimum absolute atomic E-state index is 0.0151. The highest BCUT2D eigenvalue weighted by molar-refractivity contribution is 7.80. The molecule has 0 spiro atoms. The van der Waals surface area contributed by atoms with Crippen molar-refractivity contribution in [3.63, 3.8) is 0 Å². The molecule has 0 fully saturated rings. The predicted octanol–water partition coefficient (Wildman–Crippen LogP) is -2.21. The third-order valence-corrected chi connectivity index (χ3v) is 5.13. The smallest absolute Gasteiger partial charge is 0.326 e. The molecule has 3 amide bonds. The van der Waals surface area contributed by atoms with Crippen LogP contribution in [0.2, 0.25) is 0 Å². The van der Waals surface area contributed by atoms with Crippen molar-refractivity contribution in [2.24, 2.45) is 11.7 Å². The lowest BCUT2D eigenvalue weighted by molar-refractivity contribution is -0.144. The highest BCUT2D eigenvalue weighted by Gasteiger charge is 2.31. The van der Waals surface area contributed by atoms with Gasteiger partial charge in [-0.2, -0.15) is 12.6 Å². The number of thiol groups is 1. The average Bonchev–Trinajstić information content (AvgIpc) is 3.26. The first-order valence-electron chi connectivity index (χ1n) is 9.72. The van der Waals surface area contributed by atoms with Crippen LogP contribution in [0.15, 0.2) is 12.5 Å². The van der Waals surface area contributed by atoms with E-state index < -0.39 is 54.5 Å². The molecule has 0 aliphatic heterocycles. The second kappa shape index (κ2) is 12.9. The molecule has 0 bridgehead atoms. The second-order valence-electron chi connectivity index (χ2n) is 7.08. The number of hydrogen-bond acceptors (Lipinski definition) is 8. The van der Waals surface area contributed by atoms with Crippen LogP contribution in [-0.2, 0) is 25.6 Å². The number of aromatic nitrogens is 2. The zero-order valence-corrected chi connectivity index (χ0v) is 18.3. The van der Waals surface area contributed by atoms with Crippen molar-refractivity contribution in [3.8, 4) is 0 Å². The van der Waals surface area contributed by atoms with E-state index in [9.17, 15) is 29.4 Å². The van der Waals surface area contributed by atoms with Gasteiger partial charge in [0.25, 0.3) is 0 Å². The Labute approximate surface area is 185 Å². The number of carbonyl (C=O) groups is 4. The maximum absolute atomic E-state index is 12.8. The van der Waals surface area contributed by atoms with Gasteiger partial charge >= 0.3 is 5.97 Å². The van der Waals surface area contributed by atoms with Gasteiger partial charge in [-0.1, -0.05) is 20.3 Å². The summed E-state index contributed by atoms with van der Waals surface area (Å²) in [6.45, 7) is 2.66. The number of aliphatic hydroxyl groups is 1. The molecular formula is C18H30N6O6S. The molecule has 174 valence electrons. The average molecular weight is 459 g/mol. The van der Waals surface area contributed by atoms with E-state index in [2.05, 4.69) is 38.5 Å². The molecule has 0 aromatic carbocycles. The Kier molecular flexibility index (Phi) is 11.0. The molecule has 5 atom stereocenters. The summed E-state index contributed by atoms with van der Waals surface area (Å²) in [6.07, 6.45) is 3.37. The molecule has 13 heteroatoms. The molecule has 1 heterocycles. The zero-order valence-electron chi connectivity index (χ0n) is 17.4. The number of aliphatic carboxylic acids is 1. The van der Waals surface area contributed by atoms with Crippen LogP contribution < -0.4 is 21.7 Å². The molecule has 0 aliphatic rings. The van der Waals surface area contributed by atoms with E-state index in [1.807, 2.05) is 0 Å². The van der Waals surface area contributed by atoms with Crippen molar-refractivity contribution in [3.05, 3.63) is 18.2 Å². The van der Waals surface area contributed by atoms with Crippen molar-refractivity contribution in [2.45, 2.75) is 50.9 Å². The summed E-state index contributed by atoms with van der Waals surface area (Å²) >= 11 is 3.95. The Morgan fingerprint density at radius 2 is 1.77 bits per heavy atom. The monoisotopic (exact) mass is 458 g/mol.